The Balaban J connectivity index is 2.85. The second-order valence-corrected chi connectivity index (χ2v) is 5.06. The van der Waals surface area contributed by atoms with E-state index in [9.17, 15) is 9.59 Å². The molecule has 0 fully saturated rings. The summed E-state index contributed by atoms with van der Waals surface area (Å²) in [4.78, 5) is 22.4. The second-order valence-electron chi connectivity index (χ2n) is 4.15. The van der Waals surface area contributed by atoms with Gasteiger partial charge >= 0.3 is 5.97 Å². The van der Waals surface area contributed by atoms with Crippen molar-refractivity contribution in [3.8, 4) is 0 Å². The fourth-order valence-corrected chi connectivity index (χ4v) is 2.24. The van der Waals surface area contributed by atoms with E-state index in [0.29, 0.717) is 6.61 Å². The molecule has 0 aromatic heterocycles. The van der Waals surface area contributed by atoms with E-state index in [1.54, 1.807) is 13.8 Å². The van der Waals surface area contributed by atoms with Crippen LogP contribution in [0.2, 0.25) is 0 Å². The van der Waals surface area contributed by atoms with Crippen LogP contribution in [0.15, 0.2) is 18.2 Å². The van der Waals surface area contributed by atoms with Gasteiger partial charge in [0, 0.05) is 0 Å². The number of hydrogen-bond donors (Lipinski definition) is 0. The van der Waals surface area contributed by atoms with E-state index >= 15 is 0 Å². The number of carbonyl (C=O) groups is 2. The van der Waals surface area contributed by atoms with Gasteiger partial charge in [0.1, 0.15) is 5.78 Å². The highest BCUT2D eigenvalue weighted by molar-refractivity contribution is 9.09. The van der Waals surface area contributed by atoms with Gasteiger partial charge in [-0.25, -0.2) is 0 Å². The summed E-state index contributed by atoms with van der Waals surface area (Å²) < 4.78 is 4.90. The molecule has 0 heterocycles. The Morgan fingerprint density at radius 1 is 1.39 bits per heavy atom. The van der Waals surface area contributed by atoms with Crippen molar-refractivity contribution in [1.29, 1.82) is 0 Å². The van der Waals surface area contributed by atoms with Crippen LogP contribution >= 0.6 is 15.9 Å². The minimum absolute atomic E-state index is 0.0660. The van der Waals surface area contributed by atoms with E-state index in [4.69, 9.17) is 4.74 Å². The number of alkyl halides is 1. The van der Waals surface area contributed by atoms with Crippen molar-refractivity contribution >= 4 is 27.7 Å². The molecule has 1 aromatic carbocycles. The average molecular weight is 313 g/mol. The molecule has 1 aromatic rings. The smallest absolute Gasteiger partial charge is 0.310 e. The Morgan fingerprint density at radius 2 is 2.06 bits per heavy atom. The van der Waals surface area contributed by atoms with Crippen LogP contribution in [0.5, 0.6) is 0 Å². The zero-order valence-electron chi connectivity index (χ0n) is 10.8. The summed E-state index contributed by atoms with van der Waals surface area (Å²) in [7, 11) is 0. The Labute approximate surface area is 116 Å². The van der Waals surface area contributed by atoms with E-state index in [-0.39, 0.29) is 23.0 Å². The lowest BCUT2D eigenvalue weighted by atomic mass is 10.00. The zero-order chi connectivity index (χ0) is 13.7. The van der Waals surface area contributed by atoms with Gasteiger partial charge in [0.25, 0.3) is 0 Å². The van der Waals surface area contributed by atoms with Gasteiger partial charge in [-0.1, -0.05) is 34.1 Å². The van der Waals surface area contributed by atoms with Crippen molar-refractivity contribution in [1.82, 2.24) is 0 Å². The Hall–Kier alpha value is -1.16. The van der Waals surface area contributed by atoms with Crippen LogP contribution in [0.3, 0.4) is 0 Å². The molecule has 1 rings (SSSR count). The van der Waals surface area contributed by atoms with E-state index < -0.39 is 0 Å². The summed E-state index contributed by atoms with van der Waals surface area (Å²) in [6.45, 7) is 5.66. The molecule has 1 unspecified atom stereocenters. The van der Waals surface area contributed by atoms with Crippen molar-refractivity contribution in [2.75, 3.05) is 6.61 Å². The molecule has 3 nitrogen and oxygen atoms in total. The Morgan fingerprint density at radius 3 is 2.56 bits per heavy atom. The summed E-state index contributed by atoms with van der Waals surface area (Å²) in [5, 5.41) is 0. The molecule has 0 saturated heterocycles. The Bertz CT molecular complexity index is 454. The molecule has 0 spiro atoms. The summed E-state index contributed by atoms with van der Waals surface area (Å²) in [5.74, 6) is -0.164. The van der Waals surface area contributed by atoms with E-state index in [0.717, 1.165) is 16.7 Å². The highest BCUT2D eigenvalue weighted by Crippen LogP contribution is 2.27. The van der Waals surface area contributed by atoms with Gasteiger partial charge in [0.15, 0.2) is 0 Å². The third-order valence-corrected chi connectivity index (χ3v) is 3.76. The normalized spacial score (nSPS) is 12.0. The number of rotatable bonds is 5. The van der Waals surface area contributed by atoms with E-state index in [1.807, 2.05) is 25.1 Å². The van der Waals surface area contributed by atoms with Crippen molar-refractivity contribution < 1.29 is 14.3 Å². The number of halogens is 1. The second kappa shape index (κ2) is 6.69. The first-order chi connectivity index (χ1) is 8.45. The minimum atomic E-state index is -0.283. The Kier molecular flexibility index (Phi) is 5.54. The van der Waals surface area contributed by atoms with Gasteiger partial charge in [-0.3, -0.25) is 9.59 Å². The summed E-state index contributed by atoms with van der Waals surface area (Å²) in [5.41, 5.74) is 2.84. The lowest BCUT2D eigenvalue weighted by Crippen LogP contribution is -2.08. The summed E-state index contributed by atoms with van der Waals surface area (Å²) >= 11 is 3.36. The highest BCUT2D eigenvalue weighted by Gasteiger charge is 2.15. The molecule has 1 atom stereocenters. The monoisotopic (exact) mass is 312 g/mol. The third-order valence-electron chi connectivity index (χ3n) is 2.62. The first kappa shape index (κ1) is 14.9. The molecule has 18 heavy (non-hydrogen) atoms. The number of ether oxygens (including phenoxy) is 1. The lowest BCUT2D eigenvalue weighted by Gasteiger charge is -2.11. The van der Waals surface area contributed by atoms with Crippen LogP contribution in [0.4, 0.5) is 0 Å². The molecule has 0 radical (unpaired) electrons. The number of benzene rings is 1. The highest BCUT2D eigenvalue weighted by atomic mass is 79.9. The van der Waals surface area contributed by atoms with Gasteiger partial charge in [0.2, 0.25) is 0 Å². The predicted molar refractivity (Wildman–Crippen MR) is 73.9 cm³/mol. The molecule has 0 saturated carbocycles. The topological polar surface area (TPSA) is 43.4 Å². The van der Waals surface area contributed by atoms with Crippen LogP contribution in [-0.2, 0) is 20.7 Å². The van der Waals surface area contributed by atoms with Crippen molar-refractivity contribution in [2.45, 2.75) is 32.0 Å². The largest absolute Gasteiger partial charge is 0.466 e. The number of hydrogen-bond acceptors (Lipinski definition) is 3. The van der Waals surface area contributed by atoms with Crippen molar-refractivity contribution in [3.63, 3.8) is 0 Å². The number of ketones is 1. The van der Waals surface area contributed by atoms with E-state index in [2.05, 4.69) is 15.9 Å². The number of Topliss-reactive ketones (excluding diaryl/α,β-unsaturated/α-hetero) is 1. The van der Waals surface area contributed by atoms with Gasteiger partial charge in [0.05, 0.1) is 17.9 Å². The maximum absolute atomic E-state index is 11.4. The molecule has 0 amide bonds. The van der Waals surface area contributed by atoms with Crippen LogP contribution < -0.4 is 0 Å². The van der Waals surface area contributed by atoms with Gasteiger partial charge < -0.3 is 4.74 Å². The lowest BCUT2D eigenvalue weighted by molar-refractivity contribution is -0.142. The first-order valence-corrected chi connectivity index (χ1v) is 6.76. The zero-order valence-corrected chi connectivity index (χ0v) is 12.4. The quantitative estimate of drug-likeness (QED) is 0.619. The van der Waals surface area contributed by atoms with E-state index in [1.165, 1.54) is 0 Å². The molecule has 0 N–H and O–H groups in total. The van der Waals surface area contributed by atoms with Crippen LogP contribution in [0.25, 0.3) is 0 Å². The van der Waals surface area contributed by atoms with Crippen molar-refractivity contribution in [2.24, 2.45) is 0 Å². The minimum Gasteiger partial charge on any atom is -0.466 e. The van der Waals surface area contributed by atoms with Crippen LogP contribution in [0.1, 0.15) is 35.4 Å². The third kappa shape index (κ3) is 3.95. The molecule has 0 aliphatic heterocycles. The molecule has 0 aliphatic rings. The maximum Gasteiger partial charge on any atom is 0.310 e. The molecule has 98 valence electrons. The van der Waals surface area contributed by atoms with Gasteiger partial charge in [-0.05, 0) is 37.5 Å². The fourth-order valence-electron chi connectivity index (χ4n) is 1.73. The SMILES string of the molecule is CCOC(=O)Cc1ccc(C(Br)C(C)=O)c(C)c1. The summed E-state index contributed by atoms with van der Waals surface area (Å²) in [6, 6.07) is 5.66. The van der Waals surface area contributed by atoms with Crippen LogP contribution in [0, 0.1) is 6.92 Å². The average Bonchev–Trinajstić information content (AvgIpc) is 2.28. The molecule has 0 aliphatic carbocycles. The first-order valence-electron chi connectivity index (χ1n) is 5.85. The van der Waals surface area contributed by atoms with Gasteiger partial charge in [-0.2, -0.15) is 0 Å². The molecule has 0 bridgehead atoms. The number of carbonyl (C=O) groups excluding carboxylic acids is 2. The maximum atomic E-state index is 11.4. The predicted octanol–water partition coefficient (Wildman–Crippen LogP) is 3.13. The number of esters is 1. The molecular weight excluding hydrogens is 296 g/mol. The number of aryl methyl sites for hydroxylation is 1. The van der Waals surface area contributed by atoms with Gasteiger partial charge in [-0.15, -0.1) is 0 Å². The standard InChI is InChI=1S/C14H17BrO3/c1-4-18-13(17)8-11-5-6-12(9(2)7-11)14(15)10(3)16/h5-7,14H,4,8H2,1-3H3. The fraction of sp³-hybridized carbons (Fsp3) is 0.429. The van der Waals surface area contributed by atoms with Crippen molar-refractivity contribution in [3.05, 3.63) is 34.9 Å². The van der Waals surface area contributed by atoms with Crippen LogP contribution in [-0.4, -0.2) is 18.4 Å². The molecular formula is C14H17BrO3. The summed E-state index contributed by atoms with van der Waals surface area (Å²) in [6.07, 6.45) is 0.266. The molecule has 4 heteroatoms.